The molecule has 0 amide bonds. The van der Waals surface area contributed by atoms with Crippen LogP contribution in [0.1, 0.15) is 97.8 Å². The number of rotatable bonds is 3. The molecular weight excluding hydrogens is 870 g/mol. The van der Waals surface area contributed by atoms with E-state index in [-0.39, 0.29) is 28.5 Å². The van der Waals surface area contributed by atoms with Gasteiger partial charge in [0.05, 0.1) is 22.3 Å². The van der Waals surface area contributed by atoms with Gasteiger partial charge in [0, 0.05) is 65.1 Å². The molecule has 4 nitrogen and oxygen atoms in total. The molecule has 0 saturated heterocycles. The number of hydrogen-bond donors (Lipinski definition) is 0. The van der Waals surface area contributed by atoms with Gasteiger partial charge in [0.25, 0.3) is 6.71 Å². The third-order valence-electron chi connectivity index (χ3n) is 17.3. The first kappa shape index (κ1) is 42.2. The van der Waals surface area contributed by atoms with Gasteiger partial charge in [-0.15, -0.1) is 11.3 Å². The molecule has 2 aromatic heterocycles. The standard InChI is InChI=1S/C64H58BN3OS/c1-61(2,3)39-29-31-48-45(35-39)65-46-36-40(62(4,5)6)30-32-49(46)67(51-24-18-28-57-59(51)43-20-10-14-27-56(43)70-57)53-38-41(68-47-22-12-11-21-44(47)63(7)33-15-16-34-64(63,68)8)37-52(60(53)65)66(48)50-23-17-26-55-58(50)42-19-9-13-25-54(42)69-55/h9-14,17-32,35-38H,15-16,33-34H2,1-8H3. The minimum Gasteiger partial charge on any atom is -0.456 e. The SMILES string of the molecule is CC(C)(C)c1ccc2c(c1)B1c3cc(C(C)(C)C)ccc3N(c3cccc4sc5ccccc5c34)c3cc(N4c5ccccc5C5(C)CCCCC45C)cc(c31)N2c1cccc2oc3ccccc3c12. The number of para-hydroxylation sites is 2. The lowest BCUT2D eigenvalue weighted by Crippen LogP contribution is -2.62. The molecule has 2 unspecified atom stereocenters. The van der Waals surface area contributed by atoms with Gasteiger partial charge in [0.15, 0.2) is 0 Å². The fourth-order valence-electron chi connectivity index (χ4n) is 13.6. The Kier molecular flexibility index (Phi) is 8.68. The maximum absolute atomic E-state index is 6.72. The quantitative estimate of drug-likeness (QED) is 0.165. The van der Waals surface area contributed by atoms with Gasteiger partial charge >= 0.3 is 0 Å². The van der Waals surface area contributed by atoms with Crippen molar-refractivity contribution in [3.63, 3.8) is 0 Å². The molecule has 8 aromatic carbocycles. The van der Waals surface area contributed by atoms with Crippen LogP contribution in [0.5, 0.6) is 0 Å². The molecule has 70 heavy (non-hydrogen) atoms. The Morgan fingerprint density at radius 2 is 1.06 bits per heavy atom. The summed E-state index contributed by atoms with van der Waals surface area (Å²) in [7, 11) is 0. The smallest absolute Gasteiger partial charge is 0.252 e. The zero-order valence-corrected chi connectivity index (χ0v) is 42.4. The van der Waals surface area contributed by atoms with Gasteiger partial charge in [-0.1, -0.05) is 152 Å². The molecule has 5 heterocycles. The first-order chi connectivity index (χ1) is 33.7. The maximum atomic E-state index is 6.72. The number of benzene rings is 8. The van der Waals surface area contributed by atoms with Crippen LogP contribution in [0.15, 0.2) is 162 Å². The average molecular weight is 928 g/mol. The van der Waals surface area contributed by atoms with Crippen LogP contribution in [-0.2, 0) is 16.2 Å². The summed E-state index contributed by atoms with van der Waals surface area (Å²) >= 11 is 1.90. The average Bonchev–Trinajstić information content (AvgIpc) is 3.99. The summed E-state index contributed by atoms with van der Waals surface area (Å²) in [5.41, 5.74) is 19.5. The van der Waals surface area contributed by atoms with Crippen molar-refractivity contribution in [2.45, 2.75) is 103 Å². The van der Waals surface area contributed by atoms with Crippen molar-refractivity contribution in [2.24, 2.45) is 0 Å². The molecule has 3 aliphatic heterocycles. The summed E-state index contributed by atoms with van der Waals surface area (Å²) in [6.45, 7) is 19.2. The van der Waals surface area contributed by atoms with E-state index in [0.29, 0.717) is 0 Å². The normalized spacial score (nSPS) is 19.5. The fraction of sp³-hybridized carbons (Fsp3) is 0.250. The van der Waals surface area contributed by atoms with Crippen molar-refractivity contribution in [3.8, 4) is 0 Å². The van der Waals surface area contributed by atoms with Crippen LogP contribution in [0, 0.1) is 0 Å². The van der Waals surface area contributed by atoms with Gasteiger partial charge in [-0.25, -0.2) is 0 Å². The predicted molar refractivity (Wildman–Crippen MR) is 301 cm³/mol. The summed E-state index contributed by atoms with van der Waals surface area (Å²) in [6.07, 6.45) is 4.75. The van der Waals surface area contributed by atoms with Gasteiger partial charge < -0.3 is 19.1 Å². The fourth-order valence-corrected chi connectivity index (χ4v) is 14.7. The summed E-state index contributed by atoms with van der Waals surface area (Å²) in [5, 5.41) is 4.88. The number of thiophene rings is 1. The molecule has 1 saturated carbocycles. The van der Waals surface area contributed by atoms with E-state index in [1.807, 2.05) is 11.3 Å². The van der Waals surface area contributed by atoms with Gasteiger partial charge in [-0.05, 0) is 130 Å². The summed E-state index contributed by atoms with van der Waals surface area (Å²) in [5.74, 6) is 0. The molecule has 0 bridgehead atoms. The van der Waals surface area contributed by atoms with Gasteiger partial charge in [-0.2, -0.15) is 0 Å². The van der Waals surface area contributed by atoms with E-state index in [0.717, 1.165) is 34.0 Å². The molecule has 0 N–H and O–H groups in total. The molecule has 344 valence electrons. The Hall–Kier alpha value is -6.76. The second-order valence-electron chi connectivity index (χ2n) is 23.2. The monoisotopic (exact) mass is 927 g/mol. The molecule has 14 rings (SSSR count). The van der Waals surface area contributed by atoms with E-state index in [9.17, 15) is 0 Å². The van der Waals surface area contributed by atoms with Crippen molar-refractivity contribution in [1.29, 1.82) is 0 Å². The summed E-state index contributed by atoms with van der Waals surface area (Å²) in [4.78, 5) is 8.10. The third-order valence-corrected chi connectivity index (χ3v) is 18.4. The maximum Gasteiger partial charge on any atom is 0.252 e. The van der Waals surface area contributed by atoms with Crippen LogP contribution < -0.4 is 31.1 Å². The van der Waals surface area contributed by atoms with Crippen molar-refractivity contribution >= 4 is 122 Å². The minimum atomic E-state index is -0.141. The molecule has 6 heteroatoms. The van der Waals surface area contributed by atoms with Gasteiger partial charge in [-0.3, -0.25) is 0 Å². The largest absolute Gasteiger partial charge is 0.456 e. The molecule has 2 atom stereocenters. The lowest BCUT2D eigenvalue weighted by atomic mass is 9.33. The lowest BCUT2D eigenvalue weighted by molar-refractivity contribution is 0.195. The summed E-state index contributed by atoms with van der Waals surface area (Å²) in [6, 6.07) is 60.6. The number of nitrogens with zero attached hydrogens (tertiary/aromatic N) is 3. The van der Waals surface area contributed by atoms with E-state index in [2.05, 4.69) is 228 Å². The Morgan fingerprint density at radius 3 is 1.76 bits per heavy atom. The van der Waals surface area contributed by atoms with E-state index in [4.69, 9.17) is 4.42 Å². The highest BCUT2D eigenvalue weighted by molar-refractivity contribution is 7.26. The Morgan fingerprint density at radius 1 is 0.500 bits per heavy atom. The van der Waals surface area contributed by atoms with Gasteiger partial charge in [0.2, 0.25) is 0 Å². The number of anilines is 8. The number of hydrogen-bond acceptors (Lipinski definition) is 5. The molecular formula is C64H58BN3OS. The second kappa shape index (κ2) is 14.4. The first-order valence-electron chi connectivity index (χ1n) is 25.5. The van der Waals surface area contributed by atoms with Crippen LogP contribution in [-0.4, -0.2) is 12.3 Å². The number of furan rings is 1. The van der Waals surface area contributed by atoms with Gasteiger partial charge in [0.1, 0.15) is 11.2 Å². The molecule has 0 spiro atoms. The molecule has 4 aliphatic rings. The van der Waals surface area contributed by atoms with E-state index in [1.165, 1.54) is 112 Å². The second-order valence-corrected chi connectivity index (χ2v) is 24.3. The minimum absolute atomic E-state index is 0.00864. The number of fused-ring (bicyclic) bond motifs is 13. The van der Waals surface area contributed by atoms with Crippen LogP contribution in [0.2, 0.25) is 0 Å². The molecule has 1 aliphatic carbocycles. The Bertz CT molecular complexity index is 3640. The lowest BCUT2D eigenvalue weighted by Gasteiger charge is -2.51. The van der Waals surface area contributed by atoms with Crippen molar-refractivity contribution in [2.75, 3.05) is 14.7 Å². The van der Waals surface area contributed by atoms with Crippen LogP contribution >= 0.6 is 11.3 Å². The van der Waals surface area contributed by atoms with E-state index < -0.39 is 0 Å². The molecule has 1 fully saturated rings. The first-order valence-corrected chi connectivity index (χ1v) is 26.3. The van der Waals surface area contributed by atoms with Crippen molar-refractivity contribution in [1.82, 2.24) is 0 Å². The molecule has 0 radical (unpaired) electrons. The zero-order valence-electron chi connectivity index (χ0n) is 41.6. The Balaban J connectivity index is 1.17. The highest BCUT2D eigenvalue weighted by Crippen LogP contribution is 2.62. The highest BCUT2D eigenvalue weighted by Gasteiger charge is 2.58. The van der Waals surface area contributed by atoms with Crippen LogP contribution in [0.4, 0.5) is 45.5 Å². The summed E-state index contributed by atoms with van der Waals surface area (Å²) < 4.78 is 9.34. The Labute approximate surface area is 416 Å². The van der Waals surface area contributed by atoms with Crippen molar-refractivity contribution in [3.05, 3.63) is 174 Å². The van der Waals surface area contributed by atoms with Crippen LogP contribution in [0.3, 0.4) is 0 Å². The third kappa shape index (κ3) is 5.66. The predicted octanol–water partition coefficient (Wildman–Crippen LogP) is 16.4. The van der Waals surface area contributed by atoms with E-state index in [1.54, 1.807) is 0 Å². The van der Waals surface area contributed by atoms with Crippen LogP contribution in [0.25, 0.3) is 42.1 Å². The zero-order chi connectivity index (χ0) is 47.6. The topological polar surface area (TPSA) is 22.9 Å². The van der Waals surface area contributed by atoms with Crippen molar-refractivity contribution < 1.29 is 4.42 Å². The highest BCUT2D eigenvalue weighted by atomic mass is 32.1. The molecule has 10 aromatic rings. The van der Waals surface area contributed by atoms with E-state index >= 15 is 0 Å².